The van der Waals surface area contributed by atoms with E-state index in [9.17, 15) is 4.79 Å². The van der Waals surface area contributed by atoms with Crippen molar-refractivity contribution >= 4 is 6.29 Å². The van der Waals surface area contributed by atoms with Gasteiger partial charge in [-0.15, -0.1) is 0 Å². The van der Waals surface area contributed by atoms with Gasteiger partial charge in [0.2, 0.25) is 0 Å². The van der Waals surface area contributed by atoms with Gasteiger partial charge in [-0.1, -0.05) is 24.3 Å². The molecule has 1 heterocycles. The maximum absolute atomic E-state index is 10.6. The molecule has 14 heavy (non-hydrogen) atoms. The number of carbonyl (C=O) groups excluding carboxylic acids is 1. The van der Waals surface area contributed by atoms with Gasteiger partial charge in [-0.3, -0.25) is 4.79 Å². The molecule has 0 aromatic carbocycles. The number of allylic oxidation sites excluding steroid dienone is 6. The topological polar surface area (TPSA) is 29.1 Å². The van der Waals surface area contributed by atoms with Crippen LogP contribution in [0.2, 0.25) is 0 Å². The van der Waals surface area contributed by atoms with E-state index in [1.807, 2.05) is 24.4 Å². The van der Waals surface area contributed by atoms with E-state index in [0.29, 0.717) is 5.92 Å². The van der Waals surface area contributed by atoms with Crippen LogP contribution in [0.4, 0.5) is 0 Å². The van der Waals surface area contributed by atoms with Gasteiger partial charge in [-0.25, -0.2) is 0 Å². The van der Waals surface area contributed by atoms with Crippen molar-refractivity contribution in [1.29, 1.82) is 0 Å². The first-order chi connectivity index (χ1) is 6.90. The van der Waals surface area contributed by atoms with Crippen LogP contribution in [-0.4, -0.2) is 12.8 Å². The fourth-order valence-electron chi connectivity index (χ4n) is 1.78. The summed E-state index contributed by atoms with van der Waals surface area (Å²) < 4.78 is 0. The Morgan fingerprint density at radius 3 is 3.00 bits per heavy atom. The number of aldehydes is 1. The first kappa shape index (κ1) is 9.00. The number of hydrogen-bond acceptors (Lipinski definition) is 2. The molecule has 2 aliphatic rings. The standard InChI is InChI=1S/C12H13NO/c14-9-10-3-1-4-11(7-10)12-5-2-6-13-8-12/h1-6,9,11,13H,7-8H2. The van der Waals surface area contributed by atoms with Crippen molar-refractivity contribution in [1.82, 2.24) is 5.32 Å². The predicted molar refractivity (Wildman–Crippen MR) is 56.6 cm³/mol. The van der Waals surface area contributed by atoms with Gasteiger partial charge in [0, 0.05) is 12.5 Å². The smallest absolute Gasteiger partial charge is 0.146 e. The summed E-state index contributed by atoms with van der Waals surface area (Å²) >= 11 is 0. The van der Waals surface area contributed by atoms with Crippen molar-refractivity contribution in [2.45, 2.75) is 6.42 Å². The summed E-state index contributed by atoms with van der Waals surface area (Å²) in [5.41, 5.74) is 2.23. The predicted octanol–water partition coefficient (Wildman–Crippen LogP) is 1.73. The van der Waals surface area contributed by atoms with Crippen LogP contribution in [0.5, 0.6) is 0 Å². The third kappa shape index (κ3) is 1.84. The molecule has 72 valence electrons. The van der Waals surface area contributed by atoms with Gasteiger partial charge in [0.05, 0.1) is 0 Å². The lowest BCUT2D eigenvalue weighted by atomic mass is 9.87. The average molecular weight is 187 g/mol. The van der Waals surface area contributed by atoms with E-state index >= 15 is 0 Å². The lowest BCUT2D eigenvalue weighted by Gasteiger charge is -2.21. The van der Waals surface area contributed by atoms with Crippen LogP contribution in [-0.2, 0) is 4.79 Å². The molecule has 1 N–H and O–H groups in total. The van der Waals surface area contributed by atoms with Crippen LogP contribution in [0, 0.1) is 5.92 Å². The SMILES string of the molecule is O=CC1=CC=CC(C2=CC=CNC2)C1. The summed E-state index contributed by atoms with van der Waals surface area (Å²) in [7, 11) is 0. The van der Waals surface area contributed by atoms with Gasteiger partial charge in [0.15, 0.2) is 0 Å². The molecule has 0 bridgehead atoms. The molecule has 0 spiro atoms. The number of nitrogens with one attached hydrogen (secondary N) is 1. The van der Waals surface area contributed by atoms with Crippen LogP contribution in [0.25, 0.3) is 0 Å². The van der Waals surface area contributed by atoms with Gasteiger partial charge in [0.1, 0.15) is 6.29 Å². The molecule has 1 unspecified atom stereocenters. The minimum atomic E-state index is 0.387. The maximum Gasteiger partial charge on any atom is 0.146 e. The number of rotatable bonds is 2. The highest BCUT2D eigenvalue weighted by molar-refractivity contribution is 5.74. The Kier molecular flexibility index (Phi) is 2.63. The molecular formula is C12H13NO. The van der Waals surface area contributed by atoms with E-state index < -0.39 is 0 Å². The van der Waals surface area contributed by atoms with Crippen LogP contribution in [0.15, 0.2) is 47.7 Å². The van der Waals surface area contributed by atoms with Crippen molar-refractivity contribution in [2.75, 3.05) is 6.54 Å². The van der Waals surface area contributed by atoms with Crippen molar-refractivity contribution in [2.24, 2.45) is 5.92 Å². The largest absolute Gasteiger partial charge is 0.387 e. The molecule has 1 aliphatic carbocycles. The Balaban J connectivity index is 2.10. The van der Waals surface area contributed by atoms with Crippen LogP contribution >= 0.6 is 0 Å². The molecule has 0 saturated carbocycles. The Morgan fingerprint density at radius 2 is 2.29 bits per heavy atom. The maximum atomic E-state index is 10.6. The summed E-state index contributed by atoms with van der Waals surface area (Å²) in [5.74, 6) is 0.387. The molecule has 2 heteroatoms. The van der Waals surface area contributed by atoms with Crippen molar-refractivity contribution in [3.63, 3.8) is 0 Å². The zero-order chi connectivity index (χ0) is 9.80. The first-order valence-electron chi connectivity index (χ1n) is 4.81. The zero-order valence-electron chi connectivity index (χ0n) is 7.94. The summed E-state index contributed by atoms with van der Waals surface area (Å²) in [6, 6.07) is 0. The molecule has 2 nitrogen and oxygen atoms in total. The highest BCUT2D eigenvalue weighted by Crippen LogP contribution is 2.24. The van der Waals surface area contributed by atoms with Crippen LogP contribution in [0.3, 0.4) is 0 Å². The van der Waals surface area contributed by atoms with Gasteiger partial charge in [-0.2, -0.15) is 0 Å². The average Bonchev–Trinajstić information content (AvgIpc) is 2.30. The molecule has 0 saturated heterocycles. The summed E-state index contributed by atoms with van der Waals surface area (Å²) in [5, 5.41) is 3.17. The van der Waals surface area contributed by atoms with E-state index in [4.69, 9.17) is 0 Å². The fraction of sp³-hybridized carbons (Fsp3) is 0.250. The molecule has 1 atom stereocenters. The Morgan fingerprint density at radius 1 is 1.36 bits per heavy atom. The number of hydrogen-bond donors (Lipinski definition) is 1. The molecule has 0 aromatic heterocycles. The van der Waals surface area contributed by atoms with Crippen LogP contribution in [0.1, 0.15) is 6.42 Å². The quantitative estimate of drug-likeness (QED) is 0.667. The Hall–Kier alpha value is -1.57. The lowest BCUT2D eigenvalue weighted by Crippen LogP contribution is -2.19. The van der Waals surface area contributed by atoms with E-state index in [1.165, 1.54) is 5.57 Å². The highest BCUT2D eigenvalue weighted by atomic mass is 16.1. The van der Waals surface area contributed by atoms with Gasteiger partial charge in [0.25, 0.3) is 0 Å². The van der Waals surface area contributed by atoms with Crippen LogP contribution < -0.4 is 5.32 Å². The molecule has 0 amide bonds. The lowest BCUT2D eigenvalue weighted by molar-refractivity contribution is -0.105. The zero-order valence-corrected chi connectivity index (χ0v) is 7.94. The molecule has 2 rings (SSSR count). The normalized spacial score (nSPS) is 25.0. The number of dihydropyridines is 1. The summed E-state index contributed by atoms with van der Waals surface area (Å²) in [6.07, 6.45) is 13.9. The molecule has 0 radical (unpaired) electrons. The monoisotopic (exact) mass is 187 g/mol. The first-order valence-corrected chi connectivity index (χ1v) is 4.81. The van der Waals surface area contributed by atoms with E-state index in [2.05, 4.69) is 17.5 Å². The third-order valence-corrected chi connectivity index (χ3v) is 2.57. The number of carbonyl (C=O) groups is 1. The molecule has 0 fully saturated rings. The second-order valence-corrected chi connectivity index (χ2v) is 3.54. The van der Waals surface area contributed by atoms with Gasteiger partial charge < -0.3 is 5.32 Å². The van der Waals surface area contributed by atoms with Crippen molar-refractivity contribution < 1.29 is 4.79 Å². The minimum absolute atomic E-state index is 0.387. The summed E-state index contributed by atoms with van der Waals surface area (Å²) in [6.45, 7) is 0.887. The van der Waals surface area contributed by atoms with Crippen molar-refractivity contribution in [3.8, 4) is 0 Å². The minimum Gasteiger partial charge on any atom is -0.387 e. The molecule has 0 aromatic rings. The molecular weight excluding hydrogens is 174 g/mol. The van der Waals surface area contributed by atoms with E-state index in [-0.39, 0.29) is 0 Å². The van der Waals surface area contributed by atoms with Gasteiger partial charge in [-0.05, 0) is 29.8 Å². The highest BCUT2D eigenvalue weighted by Gasteiger charge is 2.15. The van der Waals surface area contributed by atoms with E-state index in [1.54, 1.807) is 0 Å². The molecule has 1 aliphatic heterocycles. The Bertz CT molecular complexity index is 347. The summed E-state index contributed by atoms with van der Waals surface area (Å²) in [4.78, 5) is 10.6. The fourth-order valence-corrected chi connectivity index (χ4v) is 1.78. The van der Waals surface area contributed by atoms with E-state index in [0.717, 1.165) is 24.8 Å². The second kappa shape index (κ2) is 4.09. The van der Waals surface area contributed by atoms with Gasteiger partial charge >= 0.3 is 0 Å². The Labute approximate surface area is 83.7 Å². The second-order valence-electron chi connectivity index (χ2n) is 3.54. The third-order valence-electron chi connectivity index (χ3n) is 2.57. The van der Waals surface area contributed by atoms with Crippen molar-refractivity contribution in [3.05, 3.63) is 47.7 Å².